The number of carbonyl (C=O) groups excluding carboxylic acids is 2. The molecule has 0 saturated heterocycles. The second-order valence-corrected chi connectivity index (χ2v) is 7.42. The van der Waals surface area contributed by atoms with E-state index in [9.17, 15) is 9.59 Å². The molecule has 2 aromatic carbocycles. The van der Waals surface area contributed by atoms with Crippen LogP contribution in [-0.4, -0.2) is 33.2 Å². The summed E-state index contributed by atoms with van der Waals surface area (Å²) < 4.78 is 1.74. The lowest BCUT2D eigenvalue weighted by molar-refractivity contribution is 0.0997. The number of aryl methyl sites for hydroxylation is 1. The van der Waals surface area contributed by atoms with Crippen molar-refractivity contribution in [1.82, 2.24) is 14.7 Å². The second kappa shape index (κ2) is 7.60. The molecule has 0 bridgehead atoms. The Labute approximate surface area is 173 Å². The van der Waals surface area contributed by atoms with Crippen molar-refractivity contribution in [1.29, 1.82) is 0 Å². The van der Waals surface area contributed by atoms with Crippen LogP contribution in [0.5, 0.6) is 0 Å². The number of benzene rings is 2. The lowest BCUT2D eigenvalue weighted by Gasteiger charge is -2.28. The molecule has 8 heteroatoms. The molecule has 0 atom stereocenters. The highest BCUT2D eigenvalue weighted by atomic mass is 35.5. The SMILES string of the molecule is Cc1ccc(NC(=O)N2CCn3nc(-c4cccc(Cl)c4)c(C(N)=O)c3C2)cc1. The Balaban J connectivity index is 1.62. The number of nitrogens with one attached hydrogen (secondary N) is 1. The van der Waals surface area contributed by atoms with Gasteiger partial charge in [0.25, 0.3) is 5.91 Å². The van der Waals surface area contributed by atoms with Crippen molar-refractivity contribution in [3.63, 3.8) is 0 Å². The first kappa shape index (κ1) is 19.0. The lowest BCUT2D eigenvalue weighted by atomic mass is 10.0. The Morgan fingerprint density at radius 2 is 1.90 bits per heavy atom. The van der Waals surface area contributed by atoms with Crippen LogP contribution in [0, 0.1) is 6.92 Å². The molecule has 0 saturated carbocycles. The van der Waals surface area contributed by atoms with Crippen LogP contribution in [0.4, 0.5) is 10.5 Å². The molecule has 3 aromatic rings. The van der Waals surface area contributed by atoms with Gasteiger partial charge < -0.3 is 16.0 Å². The van der Waals surface area contributed by atoms with E-state index in [1.165, 1.54) is 0 Å². The molecule has 29 heavy (non-hydrogen) atoms. The average Bonchev–Trinajstić information content (AvgIpc) is 3.08. The van der Waals surface area contributed by atoms with E-state index in [2.05, 4.69) is 10.4 Å². The van der Waals surface area contributed by atoms with Crippen LogP contribution in [0.25, 0.3) is 11.3 Å². The number of anilines is 1. The van der Waals surface area contributed by atoms with Gasteiger partial charge in [0.2, 0.25) is 0 Å². The highest BCUT2D eigenvalue weighted by Gasteiger charge is 2.29. The number of nitrogens with zero attached hydrogens (tertiary/aromatic N) is 3. The predicted octanol–water partition coefficient (Wildman–Crippen LogP) is 3.66. The first-order valence-electron chi connectivity index (χ1n) is 9.20. The lowest BCUT2D eigenvalue weighted by Crippen LogP contribution is -2.41. The van der Waals surface area contributed by atoms with Crippen LogP contribution in [0.2, 0.25) is 5.02 Å². The number of fused-ring (bicyclic) bond motifs is 1. The van der Waals surface area contributed by atoms with Crippen LogP contribution in [-0.2, 0) is 13.1 Å². The number of hydrogen-bond donors (Lipinski definition) is 2. The van der Waals surface area contributed by atoms with Gasteiger partial charge in [0.1, 0.15) is 5.69 Å². The molecule has 0 aliphatic carbocycles. The third-order valence-electron chi connectivity index (χ3n) is 4.91. The Bertz CT molecular complexity index is 1090. The first-order chi connectivity index (χ1) is 13.9. The monoisotopic (exact) mass is 409 g/mol. The number of rotatable bonds is 3. The van der Waals surface area contributed by atoms with E-state index < -0.39 is 5.91 Å². The zero-order chi connectivity index (χ0) is 20.5. The topological polar surface area (TPSA) is 93.2 Å². The van der Waals surface area contributed by atoms with Crippen LogP contribution >= 0.6 is 11.6 Å². The third kappa shape index (κ3) is 3.82. The van der Waals surface area contributed by atoms with Gasteiger partial charge in [-0.2, -0.15) is 5.10 Å². The summed E-state index contributed by atoms with van der Waals surface area (Å²) in [6.45, 7) is 3.17. The van der Waals surface area contributed by atoms with E-state index >= 15 is 0 Å². The van der Waals surface area contributed by atoms with Gasteiger partial charge in [-0.25, -0.2) is 4.79 Å². The molecule has 2 heterocycles. The Morgan fingerprint density at radius 3 is 2.59 bits per heavy atom. The van der Waals surface area contributed by atoms with Gasteiger partial charge >= 0.3 is 6.03 Å². The van der Waals surface area contributed by atoms with Crippen molar-refractivity contribution < 1.29 is 9.59 Å². The maximum absolute atomic E-state index is 12.7. The van der Waals surface area contributed by atoms with Crippen molar-refractivity contribution >= 4 is 29.2 Å². The summed E-state index contributed by atoms with van der Waals surface area (Å²) in [7, 11) is 0. The molecule has 1 aliphatic rings. The fraction of sp³-hybridized carbons (Fsp3) is 0.190. The largest absolute Gasteiger partial charge is 0.365 e. The molecular formula is C21H20ClN5O2. The van der Waals surface area contributed by atoms with Crippen LogP contribution < -0.4 is 11.1 Å². The fourth-order valence-corrected chi connectivity index (χ4v) is 3.62. The van der Waals surface area contributed by atoms with Crippen LogP contribution in [0.15, 0.2) is 48.5 Å². The second-order valence-electron chi connectivity index (χ2n) is 6.99. The summed E-state index contributed by atoms with van der Waals surface area (Å²) in [5.74, 6) is -0.581. The van der Waals surface area contributed by atoms with E-state index in [-0.39, 0.29) is 12.6 Å². The van der Waals surface area contributed by atoms with Crippen molar-refractivity contribution in [2.24, 2.45) is 5.73 Å². The quantitative estimate of drug-likeness (QED) is 0.691. The summed E-state index contributed by atoms with van der Waals surface area (Å²) in [5, 5.41) is 8.00. The first-order valence-corrected chi connectivity index (χ1v) is 9.58. The summed E-state index contributed by atoms with van der Waals surface area (Å²) in [6.07, 6.45) is 0. The zero-order valence-electron chi connectivity index (χ0n) is 15.9. The molecule has 0 fully saturated rings. The van der Waals surface area contributed by atoms with Crippen molar-refractivity contribution in [2.75, 3.05) is 11.9 Å². The normalized spacial score (nSPS) is 13.1. The van der Waals surface area contributed by atoms with Gasteiger partial charge in [-0.1, -0.05) is 41.4 Å². The Hall–Kier alpha value is -3.32. The van der Waals surface area contributed by atoms with Gasteiger partial charge in [0.05, 0.1) is 24.3 Å². The van der Waals surface area contributed by atoms with E-state index in [1.807, 2.05) is 37.3 Å². The summed E-state index contributed by atoms with van der Waals surface area (Å²) in [6, 6.07) is 14.5. The molecule has 3 amide bonds. The van der Waals surface area contributed by atoms with Gasteiger partial charge in [-0.3, -0.25) is 9.48 Å². The molecular weight excluding hydrogens is 390 g/mol. The summed E-state index contributed by atoms with van der Waals surface area (Å²) in [4.78, 5) is 26.6. The number of primary amides is 1. The maximum atomic E-state index is 12.7. The molecule has 3 N–H and O–H groups in total. The third-order valence-corrected chi connectivity index (χ3v) is 5.15. The molecule has 0 unspecified atom stereocenters. The number of aromatic nitrogens is 2. The van der Waals surface area contributed by atoms with Gasteiger partial charge in [-0.15, -0.1) is 0 Å². The summed E-state index contributed by atoms with van der Waals surface area (Å²) >= 11 is 6.09. The molecule has 7 nitrogen and oxygen atoms in total. The van der Waals surface area contributed by atoms with Gasteiger partial charge in [0.15, 0.2) is 0 Å². The number of urea groups is 1. The van der Waals surface area contributed by atoms with E-state index in [4.69, 9.17) is 17.3 Å². The molecule has 1 aromatic heterocycles. The number of nitrogens with two attached hydrogens (primary N) is 1. The average molecular weight is 410 g/mol. The smallest absolute Gasteiger partial charge is 0.322 e. The zero-order valence-corrected chi connectivity index (χ0v) is 16.6. The summed E-state index contributed by atoms with van der Waals surface area (Å²) in [5.41, 5.74) is 9.64. The number of halogens is 1. The minimum absolute atomic E-state index is 0.235. The Morgan fingerprint density at radius 1 is 1.14 bits per heavy atom. The number of hydrogen-bond acceptors (Lipinski definition) is 3. The van der Waals surface area contributed by atoms with Gasteiger partial charge in [0, 0.05) is 22.8 Å². The highest BCUT2D eigenvalue weighted by Crippen LogP contribution is 2.29. The van der Waals surface area contributed by atoms with Crippen molar-refractivity contribution in [3.8, 4) is 11.3 Å². The van der Waals surface area contributed by atoms with Crippen LogP contribution in [0.3, 0.4) is 0 Å². The standard InChI is InChI=1S/C21H20ClN5O2/c1-13-5-7-16(8-6-13)24-21(29)26-9-10-27-17(12-26)18(20(23)28)19(25-27)14-3-2-4-15(22)11-14/h2-8,11H,9-10,12H2,1H3,(H2,23,28)(H,24,29). The fourth-order valence-electron chi connectivity index (χ4n) is 3.43. The number of amides is 3. The van der Waals surface area contributed by atoms with E-state index in [0.717, 1.165) is 11.3 Å². The highest BCUT2D eigenvalue weighted by molar-refractivity contribution is 6.30. The van der Waals surface area contributed by atoms with Crippen molar-refractivity contribution in [2.45, 2.75) is 20.0 Å². The molecule has 0 spiro atoms. The minimum atomic E-state index is -0.581. The maximum Gasteiger partial charge on any atom is 0.322 e. The van der Waals surface area contributed by atoms with E-state index in [1.54, 1.807) is 27.8 Å². The van der Waals surface area contributed by atoms with Crippen LogP contribution in [0.1, 0.15) is 21.6 Å². The van der Waals surface area contributed by atoms with Gasteiger partial charge in [-0.05, 0) is 31.2 Å². The molecule has 0 radical (unpaired) electrons. The predicted molar refractivity (Wildman–Crippen MR) is 112 cm³/mol. The van der Waals surface area contributed by atoms with E-state index in [0.29, 0.717) is 40.6 Å². The Kier molecular flexibility index (Phi) is 4.98. The minimum Gasteiger partial charge on any atom is -0.365 e. The molecule has 4 rings (SSSR count). The molecule has 148 valence electrons. The number of carbonyl (C=O) groups is 2. The van der Waals surface area contributed by atoms with Crippen molar-refractivity contribution in [3.05, 3.63) is 70.4 Å². The molecule has 1 aliphatic heterocycles.